The van der Waals surface area contributed by atoms with Gasteiger partial charge in [-0.25, -0.2) is 9.38 Å². The van der Waals surface area contributed by atoms with E-state index in [2.05, 4.69) is 24.2 Å². The molecule has 1 aromatic rings. The molecule has 3 rings (SSSR count). The Morgan fingerprint density at radius 1 is 1.25 bits per heavy atom. The lowest BCUT2D eigenvalue weighted by molar-refractivity contribution is -0.140. The number of nitrogens with two attached hydrogens (primary N) is 1. The second-order valence-corrected chi connectivity index (χ2v) is 9.62. The summed E-state index contributed by atoms with van der Waals surface area (Å²) in [6, 6.07) is 4.60. The van der Waals surface area contributed by atoms with Crippen molar-refractivity contribution in [2.24, 2.45) is 21.6 Å². The number of hydrogen-bond acceptors (Lipinski definition) is 5. The van der Waals surface area contributed by atoms with Gasteiger partial charge in [0.25, 0.3) is 0 Å². The molecular weight excluding hydrogens is 359 g/mol. The van der Waals surface area contributed by atoms with E-state index in [9.17, 15) is 14.3 Å². The van der Waals surface area contributed by atoms with Crippen LogP contribution in [0.5, 0.6) is 0 Å². The normalized spacial score (nSPS) is 31.6. The third kappa shape index (κ3) is 3.15. The summed E-state index contributed by atoms with van der Waals surface area (Å²) in [5.74, 6) is -0.590. The van der Waals surface area contributed by atoms with Gasteiger partial charge in [0.2, 0.25) is 5.91 Å². The van der Waals surface area contributed by atoms with Crippen molar-refractivity contribution in [2.45, 2.75) is 65.1 Å². The monoisotopic (exact) mass is 390 g/mol. The lowest BCUT2D eigenvalue weighted by Crippen LogP contribution is -2.58. The number of aliphatic hydroxyl groups is 1. The maximum Gasteiger partial charge on any atom is 0.237 e. The Hall–Kier alpha value is -2.15. The number of nitrogens with one attached hydrogen (secondary N) is 1. The number of guanidine groups is 1. The molecule has 0 radical (unpaired) electrons. The first kappa shape index (κ1) is 20.6. The van der Waals surface area contributed by atoms with Crippen LogP contribution in [0.2, 0.25) is 0 Å². The fourth-order valence-electron chi connectivity index (χ4n) is 4.44. The number of rotatable bonds is 3. The summed E-state index contributed by atoms with van der Waals surface area (Å²) in [5, 5.41) is 13.7. The summed E-state index contributed by atoms with van der Waals surface area (Å²) in [5.41, 5.74) is 4.85. The number of aliphatic imine (C=N–C) groups is 1. The molecule has 1 aliphatic carbocycles. The highest BCUT2D eigenvalue weighted by atomic mass is 19.1. The van der Waals surface area contributed by atoms with E-state index in [0.717, 1.165) is 6.42 Å². The van der Waals surface area contributed by atoms with Crippen LogP contribution in [0.25, 0.3) is 0 Å². The average Bonchev–Trinajstić information content (AvgIpc) is 2.85. The molecule has 0 saturated heterocycles. The number of carbonyl (C=O) groups excluding carboxylic acids is 1. The first-order chi connectivity index (χ1) is 12.8. The summed E-state index contributed by atoms with van der Waals surface area (Å²) in [6.07, 6.45) is 1.07. The summed E-state index contributed by atoms with van der Waals surface area (Å²) >= 11 is 0. The molecule has 1 saturated carbocycles. The van der Waals surface area contributed by atoms with Crippen LogP contribution >= 0.6 is 0 Å². The largest absolute Gasteiger partial charge is 0.391 e. The standard InChI is InChI=1S/C21H31FN4O2/c1-19(2)10-15(16(27)11-19)24-12-7-8-14(22)13(9-12)21(5)20(3,4)17(28)26(6)18(23)25-21/h7-9,15-16,24,27H,10-11H2,1-6H3,(H2,23,25)/t15?,16?,21-/m1/s1. The summed E-state index contributed by atoms with van der Waals surface area (Å²) < 4.78 is 14.9. The van der Waals surface area contributed by atoms with Crippen molar-refractivity contribution in [1.82, 2.24) is 4.90 Å². The van der Waals surface area contributed by atoms with Crippen molar-refractivity contribution in [1.29, 1.82) is 0 Å². The van der Waals surface area contributed by atoms with Gasteiger partial charge in [-0.15, -0.1) is 0 Å². The van der Waals surface area contributed by atoms with Gasteiger partial charge in [0.15, 0.2) is 5.96 Å². The summed E-state index contributed by atoms with van der Waals surface area (Å²) in [4.78, 5) is 18.7. The van der Waals surface area contributed by atoms with E-state index in [1.165, 1.54) is 11.0 Å². The van der Waals surface area contributed by atoms with Crippen LogP contribution in [0.3, 0.4) is 0 Å². The van der Waals surface area contributed by atoms with Crippen LogP contribution < -0.4 is 11.1 Å². The molecule has 154 valence electrons. The lowest BCUT2D eigenvalue weighted by Gasteiger charge is -2.46. The van der Waals surface area contributed by atoms with Crippen LogP contribution in [0.15, 0.2) is 23.2 Å². The topological polar surface area (TPSA) is 91.0 Å². The summed E-state index contributed by atoms with van der Waals surface area (Å²) in [6.45, 7) is 9.49. The Morgan fingerprint density at radius 2 is 1.89 bits per heavy atom. The number of carbonyl (C=O) groups is 1. The Balaban J connectivity index is 2.01. The van der Waals surface area contributed by atoms with Gasteiger partial charge in [0.05, 0.1) is 17.6 Å². The number of aliphatic hydroxyl groups excluding tert-OH is 1. The maximum absolute atomic E-state index is 14.9. The lowest BCUT2D eigenvalue weighted by atomic mass is 9.67. The highest BCUT2D eigenvalue weighted by molar-refractivity contribution is 6.01. The highest BCUT2D eigenvalue weighted by Crippen LogP contribution is 2.48. The van der Waals surface area contributed by atoms with Gasteiger partial charge >= 0.3 is 0 Å². The molecule has 6 nitrogen and oxygen atoms in total. The summed E-state index contributed by atoms with van der Waals surface area (Å²) in [7, 11) is 1.57. The first-order valence-corrected chi connectivity index (χ1v) is 9.67. The van der Waals surface area contributed by atoms with Crippen molar-refractivity contribution >= 4 is 17.6 Å². The van der Waals surface area contributed by atoms with Crippen LogP contribution in [0.1, 0.15) is 53.0 Å². The zero-order valence-electron chi connectivity index (χ0n) is 17.5. The van der Waals surface area contributed by atoms with E-state index in [4.69, 9.17) is 5.73 Å². The number of hydrogen-bond donors (Lipinski definition) is 3. The molecule has 4 N–H and O–H groups in total. The van der Waals surface area contributed by atoms with Crippen molar-refractivity contribution < 1.29 is 14.3 Å². The fourth-order valence-corrected chi connectivity index (χ4v) is 4.44. The predicted octanol–water partition coefficient (Wildman–Crippen LogP) is 2.82. The molecule has 0 spiro atoms. The van der Waals surface area contributed by atoms with Gasteiger partial charge in [-0.2, -0.15) is 0 Å². The first-order valence-electron chi connectivity index (χ1n) is 9.67. The smallest absolute Gasteiger partial charge is 0.237 e. The molecule has 7 heteroatoms. The molecule has 1 fully saturated rings. The van der Waals surface area contributed by atoms with Gasteiger partial charge in [-0.1, -0.05) is 13.8 Å². The fraction of sp³-hybridized carbons (Fsp3) is 0.619. The zero-order chi connectivity index (χ0) is 21.1. The predicted molar refractivity (Wildman–Crippen MR) is 108 cm³/mol. The van der Waals surface area contributed by atoms with Crippen molar-refractivity contribution in [3.8, 4) is 0 Å². The van der Waals surface area contributed by atoms with Crippen molar-refractivity contribution in [2.75, 3.05) is 12.4 Å². The van der Waals surface area contributed by atoms with Gasteiger partial charge < -0.3 is 16.2 Å². The molecule has 1 aromatic carbocycles. The van der Waals surface area contributed by atoms with Gasteiger partial charge in [0, 0.05) is 18.3 Å². The quantitative estimate of drug-likeness (QED) is 0.740. The van der Waals surface area contributed by atoms with E-state index < -0.39 is 22.9 Å². The number of nitrogens with zero attached hydrogens (tertiary/aromatic N) is 2. The minimum atomic E-state index is -1.16. The van der Waals surface area contributed by atoms with E-state index in [0.29, 0.717) is 17.7 Å². The average molecular weight is 391 g/mol. The highest BCUT2D eigenvalue weighted by Gasteiger charge is 2.54. The number of benzene rings is 1. The second kappa shape index (κ2) is 6.44. The minimum absolute atomic E-state index is 0.0486. The van der Waals surface area contributed by atoms with Crippen LogP contribution in [0.4, 0.5) is 10.1 Å². The molecule has 1 aliphatic heterocycles. The third-order valence-electron chi connectivity index (χ3n) is 6.58. The maximum atomic E-state index is 14.9. The minimum Gasteiger partial charge on any atom is -0.391 e. The Bertz CT molecular complexity index is 836. The molecule has 3 atom stereocenters. The molecule has 2 unspecified atom stereocenters. The Morgan fingerprint density at radius 3 is 2.46 bits per heavy atom. The molecule has 0 bridgehead atoms. The Labute approximate surface area is 166 Å². The van der Waals surface area contributed by atoms with E-state index >= 15 is 0 Å². The van der Waals surface area contributed by atoms with E-state index in [1.54, 1.807) is 40.0 Å². The van der Waals surface area contributed by atoms with Crippen LogP contribution in [0, 0.1) is 16.6 Å². The second-order valence-electron chi connectivity index (χ2n) is 9.62. The molecule has 0 aromatic heterocycles. The van der Waals surface area contributed by atoms with E-state index in [-0.39, 0.29) is 23.3 Å². The third-order valence-corrected chi connectivity index (χ3v) is 6.58. The molecule has 1 amide bonds. The zero-order valence-corrected chi connectivity index (χ0v) is 17.5. The molecule has 2 aliphatic rings. The molecule has 1 heterocycles. The van der Waals surface area contributed by atoms with Crippen LogP contribution in [-0.2, 0) is 10.3 Å². The molecular formula is C21H31FN4O2. The SMILES string of the molecule is CN1C(=O)C(C)(C)[C@@](C)(c2cc(NC3CC(C)(C)CC3O)ccc2F)N=C1N. The van der Waals surface area contributed by atoms with Gasteiger partial charge in [-0.3, -0.25) is 9.69 Å². The van der Waals surface area contributed by atoms with Crippen molar-refractivity contribution in [3.63, 3.8) is 0 Å². The van der Waals surface area contributed by atoms with Gasteiger partial charge in [0.1, 0.15) is 11.4 Å². The van der Waals surface area contributed by atoms with Crippen molar-refractivity contribution in [3.05, 3.63) is 29.6 Å². The number of amides is 1. The van der Waals surface area contributed by atoms with Crippen LogP contribution in [-0.4, -0.2) is 41.1 Å². The number of halogens is 1. The Kier molecular flexibility index (Phi) is 4.73. The van der Waals surface area contributed by atoms with Gasteiger partial charge in [-0.05, 0) is 57.2 Å². The van der Waals surface area contributed by atoms with E-state index in [1.807, 2.05) is 0 Å². The molecule has 28 heavy (non-hydrogen) atoms. The number of anilines is 1.